The molecule has 2 aromatic heterocycles. The molecule has 0 saturated carbocycles. The van der Waals surface area contributed by atoms with Crippen molar-refractivity contribution in [3.05, 3.63) is 22.3 Å². The Hall–Kier alpha value is -2.33. The lowest BCUT2D eigenvalue weighted by Gasteiger charge is -2.35. The fourth-order valence-corrected chi connectivity index (χ4v) is 4.33. The summed E-state index contributed by atoms with van der Waals surface area (Å²) < 4.78 is 9.43. The maximum Gasteiger partial charge on any atom is 0.267 e. The Bertz CT molecular complexity index is 845. The van der Waals surface area contributed by atoms with Crippen LogP contribution >= 0.6 is 11.5 Å². The van der Waals surface area contributed by atoms with Gasteiger partial charge in [-0.05, 0) is 24.9 Å². The minimum Gasteiger partial charge on any atom is -0.378 e. The van der Waals surface area contributed by atoms with Crippen LogP contribution in [0, 0.1) is 6.92 Å². The van der Waals surface area contributed by atoms with Gasteiger partial charge < -0.3 is 19.4 Å². The number of rotatable bonds is 5. The van der Waals surface area contributed by atoms with Gasteiger partial charge in [-0.15, -0.1) is 5.10 Å². The first kappa shape index (κ1) is 20.0. The van der Waals surface area contributed by atoms with Gasteiger partial charge in [0.2, 0.25) is 5.95 Å². The summed E-state index contributed by atoms with van der Waals surface area (Å²) in [6.45, 7) is 9.96. The van der Waals surface area contributed by atoms with Crippen molar-refractivity contribution in [1.29, 1.82) is 0 Å². The summed E-state index contributed by atoms with van der Waals surface area (Å²) in [5.74, 6) is 1.74. The topological polar surface area (TPSA) is 87.6 Å². The molecule has 2 aliphatic heterocycles. The Morgan fingerprint density at radius 2 is 1.86 bits per heavy atom. The number of nitrogens with zero attached hydrogens (tertiary/aromatic N) is 7. The highest BCUT2D eigenvalue weighted by Gasteiger charge is 2.27. The average Bonchev–Trinajstić information content (AvgIpc) is 3.22. The zero-order valence-corrected chi connectivity index (χ0v) is 17.8. The number of aryl methyl sites for hydroxylation is 2. The number of morpholine rings is 1. The highest BCUT2D eigenvalue weighted by atomic mass is 32.1. The SMILES string of the molecule is CCCc1nnsc1C(=O)N1CCN(c2nc(C)cc(N3CCOCC3)n2)CC1. The predicted molar refractivity (Wildman–Crippen MR) is 112 cm³/mol. The van der Waals surface area contributed by atoms with Crippen molar-refractivity contribution in [2.45, 2.75) is 26.7 Å². The van der Waals surface area contributed by atoms with Gasteiger partial charge in [0.15, 0.2) is 0 Å². The van der Waals surface area contributed by atoms with Crippen molar-refractivity contribution in [1.82, 2.24) is 24.5 Å². The number of piperazine rings is 1. The quantitative estimate of drug-likeness (QED) is 0.721. The van der Waals surface area contributed by atoms with E-state index in [-0.39, 0.29) is 5.91 Å². The van der Waals surface area contributed by atoms with E-state index in [2.05, 4.69) is 31.3 Å². The second kappa shape index (κ2) is 9.00. The van der Waals surface area contributed by atoms with Gasteiger partial charge in [-0.25, -0.2) is 4.98 Å². The molecule has 2 fully saturated rings. The molecular formula is C19H27N7O2S. The molecule has 1 amide bonds. The summed E-state index contributed by atoms with van der Waals surface area (Å²) >= 11 is 1.20. The van der Waals surface area contributed by atoms with Gasteiger partial charge in [-0.3, -0.25) is 4.79 Å². The standard InChI is InChI=1S/C19H27N7O2S/c1-3-4-15-17(29-23-22-15)18(27)25-5-7-26(8-6-25)19-20-14(2)13-16(21-19)24-9-11-28-12-10-24/h13H,3-12H2,1-2H3. The number of carbonyl (C=O) groups excluding carboxylic acids is 1. The second-order valence-electron chi connectivity index (χ2n) is 7.34. The maximum atomic E-state index is 12.9. The van der Waals surface area contributed by atoms with E-state index in [1.54, 1.807) is 0 Å². The van der Waals surface area contributed by atoms with Gasteiger partial charge >= 0.3 is 0 Å². The van der Waals surface area contributed by atoms with E-state index in [0.717, 1.165) is 62.3 Å². The third kappa shape index (κ3) is 4.48. The third-order valence-corrected chi connectivity index (χ3v) is 6.01. The molecule has 2 aliphatic rings. The first-order valence-corrected chi connectivity index (χ1v) is 11.0. The first-order chi connectivity index (χ1) is 14.2. The summed E-state index contributed by atoms with van der Waals surface area (Å²) in [6.07, 6.45) is 1.74. The molecule has 0 spiro atoms. The molecule has 0 aliphatic carbocycles. The van der Waals surface area contributed by atoms with Gasteiger partial charge in [0, 0.05) is 51.0 Å². The van der Waals surface area contributed by atoms with E-state index in [0.29, 0.717) is 31.1 Å². The molecule has 156 valence electrons. The lowest BCUT2D eigenvalue weighted by molar-refractivity contribution is 0.0749. The van der Waals surface area contributed by atoms with E-state index in [1.165, 1.54) is 11.5 Å². The molecule has 9 nitrogen and oxygen atoms in total. The number of hydrogen-bond acceptors (Lipinski definition) is 9. The molecule has 4 heterocycles. The minimum absolute atomic E-state index is 0.0438. The van der Waals surface area contributed by atoms with Crippen molar-refractivity contribution in [3.8, 4) is 0 Å². The van der Waals surface area contributed by atoms with Crippen molar-refractivity contribution in [2.24, 2.45) is 0 Å². The van der Waals surface area contributed by atoms with Crippen LogP contribution in [0.3, 0.4) is 0 Å². The van der Waals surface area contributed by atoms with E-state index in [9.17, 15) is 4.79 Å². The number of aromatic nitrogens is 4. The van der Waals surface area contributed by atoms with Gasteiger partial charge in [0.25, 0.3) is 5.91 Å². The van der Waals surface area contributed by atoms with Gasteiger partial charge in [0.1, 0.15) is 10.7 Å². The molecule has 0 atom stereocenters. The van der Waals surface area contributed by atoms with Crippen molar-refractivity contribution < 1.29 is 9.53 Å². The second-order valence-corrected chi connectivity index (χ2v) is 8.10. The highest BCUT2D eigenvalue weighted by Crippen LogP contribution is 2.21. The van der Waals surface area contributed by atoms with E-state index < -0.39 is 0 Å². The van der Waals surface area contributed by atoms with Gasteiger partial charge in [0.05, 0.1) is 18.9 Å². The van der Waals surface area contributed by atoms with Crippen LogP contribution in [-0.4, -0.2) is 82.8 Å². The molecule has 0 unspecified atom stereocenters. The van der Waals surface area contributed by atoms with E-state index in [4.69, 9.17) is 9.72 Å². The lowest BCUT2D eigenvalue weighted by Crippen LogP contribution is -2.49. The summed E-state index contributed by atoms with van der Waals surface area (Å²) in [5.41, 5.74) is 1.78. The molecule has 2 saturated heterocycles. The molecule has 0 N–H and O–H groups in total. The monoisotopic (exact) mass is 417 g/mol. The van der Waals surface area contributed by atoms with E-state index >= 15 is 0 Å². The molecule has 0 bridgehead atoms. The number of hydrogen-bond donors (Lipinski definition) is 0. The Balaban J connectivity index is 1.42. The van der Waals surface area contributed by atoms with Crippen LogP contribution in [0.2, 0.25) is 0 Å². The van der Waals surface area contributed by atoms with E-state index in [1.807, 2.05) is 17.9 Å². The number of amides is 1. The minimum atomic E-state index is 0.0438. The number of ether oxygens (including phenoxy) is 1. The molecule has 4 rings (SSSR count). The van der Waals surface area contributed by atoms with Gasteiger partial charge in [-0.1, -0.05) is 17.8 Å². The zero-order valence-electron chi connectivity index (χ0n) is 17.0. The van der Waals surface area contributed by atoms with Crippen LogP contribution in [0.4, 0.5) is 11.8 Å². The average molecular weight is 418 g/mol. The summed E-state index contributed by atoms with van der Waals surface area (Å²) in [7, 11) is 0. The fraction of sp³-hybridized carbons (Fsp3) is 0.632. The van der Waals surface area contributed by atoms with Crippen molar-refractivity contribution in [3.63, 3.8) is 0 Å². The molecule has 0 radical (unpaired) electrons. The zero-order chi connectivity index (χ0) is 20.2. The smallest absolute Gasteiger partial charge is 0.267 e. The lowest BCUT2D eigenvalue weighted by atomic mass is 10.2. The number of anilines is 2. The van der Waals surface area contributed by atoms with Gasteiger partial charge in [-0.2, -0.15) is 4.98 Å². The van der Waals surface area contributed by atoms with Crippen LogP contribution in [0.15, 0.2) is 6.07 Å². The van der Waals surface area contributed by atoms with Crippen LogP contribution in [0.5, 0.6) is 0 Å². The Labute approximate surface area is 174 Å². The summed E-state index contributed by atoms with van der Waals surface area (Å²) in [4.78, 5) is 29.3. The predicted octanol–water partition coefficient (Wildman–Crippen LogP) is 1.39. The molecule has 29 heavy (non-hydrogen) atoms. The third-order valence-electron chi connectivity index (χ3n) is 5.25. The summed E-state index contributed by atoms with van der Waals surface area (Å²) in [6, 6.07) is 2.03. The molecule has 0 aromatic carbocycles. The maximum absolute atomic E-state index is 12.9. The van der Waals surface area contributed by atoms with Crippen LogP contribution in [-0.2, 0) is 11.2 Å². The fourth-order valence-electron chi connectivity index (χ4n) is 3.66. The normalized spacial score (nSPS) is 17.7. The number of carbonyl (C=O) groups is 1. The highest BCUT2D eigenvalue weighted by molar-refractivity contribution is 7.08. The Morgan fingerprint density at radius 1 is 1.10 bits per heavy atom. The van der Waals surface area contributed by atoms with Crippen LogP contribution in [0.25, 0.3) is 0 Å². The van der Waals surface area contributed by atoms with Crippen LogP contribution < -0.4 is 9.80 Å². The first-order valence-electron chi connectivity index (χ1n) is 10.2. The van der Waals surface area contributed by atoms with Crippen LogP contribution in [0.1, 0.15) is 34.4 Å². The van der Waals surface area contributed by atoms with Crippen molar-refractivity contribution in [2.75, 3.05) is 62.3 Å². The Kier molecular flexibility index (Phi) is 6.19. The molecule has 10 heteroatoms. The summed E-state index contributed by atoms with van der Waals surface area (Å²) in [5, 5.41) is 4.13. The van der Waals surface area contributed by atoms with Crippen molar-refractivity contribution >= 4 is 29.2 Å². The largest absolute Gasteiger partial charge is 0.378 e. The molecule has 2 aromatic rings. The molecular weight excluding hydrogens is 390 g/mol. The Morgan fingerprint density at radius 3 is 2.59 bits per heavy atom.